The van der Waals surface area contributed by atoms with Gasteiger partial charge in [0.1, 0.15) is 0 Å². The van der Waals surface area contributed by atoms with Crippen LogP contribution in [-0.2, 0) is 0 Å². The molecule has 0 radical (unpaired) electrons. The number of benzene rings is 1. The first-order chi connectivity index (χ1) is 8.32. The molecule has 0 spiro atoms. The minimum atomic E-state index is -0.844. The molecule has 0 saturated heterocycles. The van der Waals surface area contributed by atoms with E-state index in [1.54, 1.807) is 17.8 Å². The third kappa shape index (κ3) is 3.77. The first kappa shape index (κ1) is 15.1. The van der Waals surface area contributed by atoms with Crippen molar-refractivity contribution in [1.29, 1.82) is 0 Å². The zero-order valence-electron chi connectivity index (χ0n) is 11.8. The second kappa shape index (κ2) is 6.28. The third-order valence-corrected chi connectivity index (χ3v) is 4.41. The average molecular weight is 266 g/mol. The molecule has 1 aromatic rings. The van der Waals surface area contributed by atoms with Crippen molar-refractivity contribution in [3.8, 4) is 0 Å². The quantitative estimate of drug-likeness (QED) is 0.793. The lowest BCUT2D eigenvalue weighted by atomic mass is 9.96. The zero-order valence-corrected chi connectivity index (χ0v) is 12.6. The van der Waals surface area contributed by atoms with Crippen molar-refractivity contribution in [3.05, 3.63) is 28.8 Å². The predicted octanol–water partition coefficient (Wildman–Crippen LogP) is 4.56. The Kier molecular flexibility index (Phi) is 5.27. The maximum Gasteiger partial charge on any atom is 0.335 e. The maximum absolute atomic E-state index is 11.2. The summed E-state index contributed by atoms with van der Waals surface area (Å²) in [4.78, 5) is 12.3. The Balaban J connectivity index is 3.18. The molecule has 0 aliphatic heterocycles. The molecule has 0 heterocycles. The number of carboxylic acids is 1. The first-order valence-electron chi connectivity index (χ1n) is 6.33. The van der Waals surface area contributed by atoms with E-state index >= 15 is 0 Å². The van der Waals surface area contributed by atoms with Crippen LogP contribution in [0.3, 0.4) is 0 Å². The van der Waals surface area contributed by atoms with Gasteiger partial charge in [-0.15, -0.1) is 11.8 Å². The Morgan fingerprint density at radius 3 is 2.33 bits per heavy atom. The van der Waals surface area contributed by atoms with Gasteiger partial charge in [0.25, 0.3) is 0 Å². The van der Waals surface area contributed by atoms with Crippen LogP contribution in [0.25, 0.3) is 0 Å². The smallest absolute Gasteiger partial charge is 0.335 e. The summed E-state index contributed by atoms with van der Waals surface area (Å²) in [6.45, 7) is 10.6. The minimum Gasteiger partial charge on any atom is -0.478 e. The summed E-state index contributed by atoms with van der Waals surface area (Å²) in [5, 5.41) is 9.17. The molecule has 0 fully saturated rings. The molecule has 0 aliphatic rings. The number of hydrogen-bond acceptors (Lipinski definition) is 2. The normalized spacial score (nSPS) is 11.3. The van der Waals surface area contributed by atoms with E-state index in [4.69, 9.17) is 0 Å². The Labute approximate surface area is 114 Å². The lowest BCUT2D eigenvalue weighted by Crippen LogP contribution is -2.03. The Morgan fingerprint density at radius 1 is 1.28 bits per heavy atom. The zero-order chi connectivity index (χ0) is 13.9. The van der Waals surface area contributed by atoms with E-state index in [0.717, 1.165) is 16.2 Å². The molecule has 1 rings (SSSR count). The molecule has 1 N–H and O–H groups in total. The molecule has 0 aliphatic carbocycles. The molecular weight excluding hydrogens is 244 g/mol. The molecule has 3 heteroatoms. The van der Waals surface area contributed by atoms with E-state index in [0.29, 0.717) is 17.4 Å². The highest BCUT2D eigenvalue weighted by atomic mass is 32.2. The third-order valence-electron chi connectivity index (χ3n) is 2.84. The van der Waals surface area contributed by atoms with E-state index in [9.17, 15) is 9.90 Å². The summed E-state index contributed by atoms with van der Waals surface area (Å²) >= 11 is 1.75. The second-order valence-electron chi connectivity index (χ2n) is 5.35. The van der Waals surface area contributed by atoms with Gasteiger partial charge in [0.05, 0.1) is 5.56 Å². The van der Waals surface area contributed by atoms with Crippen molar-refractivity contribution in [2.24, 2.45) is 5.92 Å². The summed E-state index contributed by atoms with van der Waals surface area (Å²) in [7, 11) is 0. The Morgan fingerprint density at radius 2 is 1.89 bits per heavy atom. The summed E-state index contributed by atoms with van der Waals surface area (Å²) < 4.78 is 0. The fourth-order valence-corrected chi connectivity index (χ4v) is 2.90. The molecular formula is C15H22O2S. The van der Waals surface area contributed by atoms with Crippen LogP contribution < -0.4 is 0 Å². The number of aromatic carboxylic acids is 1. The molecule has 0 atom stereocenters. The summed E-state index contributed by atoms with van der Waals surface area (Å²) in [5.74, 6) is 1.12. The lowest BCUT2D eigenvalue weighted by molar-refractivity contribution is 0.0696. The topological polar surface area (TPSA) is 37.3 Å². The second-order valence-corrected chi connectivity index (χ2v) is 6.42. The fourth-order valence-electron chi connectivity index (χ4n) is 1.84. The van der Waals surface area contributed by atoms with Gasteiger partial charge in [0.15, 0.2) is 0 Å². The van der Waals surface area contributed by atoms with Crippen LogP contribution in [0.4, 0.5) is 0 Å². The Bertz CT molecular complexity index is 436. The number of thioether (sulfide) groups is 1. The van der Waals surface area contributed by atoms with E-state index in [1.807, 2.05) is 6.07 Å². The van der Waals surface area contributed by atoms with E-state index in [-0.39, 0.29) is 0 Å². The van der Waals surface area contributed by atoms with Crippen LogP contribution in [0.2, 0.25) is 0 Å². The summed E-state index contributed by atoms with van der Waals surface area (Å²) in [6, 6.07) is 3.61. The molecule has 100 valence electrons. The van der Waals surface area contributed by atoms with Crippen molar-refractivity contribution in [1.82, 2.24) is 0 Å². The lowest BCUT2D eigenvalue weighted by Gasteiger charge is -2.16. The van der Waals surface area contributed by atoms with Crippen molar-refractivity contribution in [2.75, 3.05) is 5.75 Å². The maximum atomic E-state index is 11.2. The van der Waals surface area contributed by atoms with Crippen LogP contribution >= 0.6 is 11.8 Å². The molecule has 0 amide bonds. The highest BCUT2D eigenvalue weighted by Crippen LogP contribution is 2.31. The van der Waals surface area contributed by atoms with Gasteiger partial charge in [-0.3, -0.25) is 0 Å². The van der Waals surface area contributed by atoms with Crippen LogP contribution in [0.15, 0.2) is 17.0 Å². The van der Waals surface area contributed by atoms with E-state index in [1.165, 1.54) is 5.56 Å². The van der Waals surface area contributed by atoms with Crippen molar-refractivity contribution in [2.45, 2.75) is 45.4 Å². The van der Waals surface area contributed by atoms with Crippen LogP contribution in [0.5, 0.6) is 0 Å². The molecule has 2 nitrogen and oxygen atoms in total. The number of carboxylic acid groups (broad SMARTS) is 1. The van der Waals surface area contributed by atoms with Gasteiger partial charge in [-0.05, 0) is 42.0 Å². The highest BCUT2D eigenvalue weighted by Gasteiger charge is 2.14. The number of rotatable bonds is 5. The minimum absolute atomic E-state index is 0.350. The van der Waals surface area contributed by atoms with Crippen molar-refractivity contribution < 1.29 is 9.90 Å². The van der Waals surface area contributed by atoms with Gasteiger partial charge < -0.3 is 5.11 Å². The van der Waals surface area contributed by atoms with Gasteiger partial charge in [-0.25, -0.2) is 4.79 Å². The molecule has 0 saturated carbocycles. The Hall–Kier alpha value is -0.960. The van der Waals surface area contributed by atoms with Gasteiger partial charge in [0.2, 0.25) is 0 Å². The predicted molar refractivity (Wildman–Crippen MR) is 77.8 cm³/mol. The molecule has 18 heavy (non-hydrogen) atoms. The molecule has 0 bridgehead atoms. The summed E-state index contributed by atoms with van der Waals surface area (Å²) in [5.41, 5.74) is 2.76. The molecule has 0 unspecified atom stereocenters. The average Bonchev–Trinajstić information content (AvgIpc) is 2.26. The van der Waals surface area contributed by atoms with Crippen LogP contribution in [0, 0.1) is 12.8 Å². The van der Waals surface area contributed by atoms with E-state index in [2.05, 4.69) is 34.6 Å². The van der Waals surface area contributed by atoms with Crippen LogP contribution in [0.1, 0.15) is 55.1 Å². The monoisotopic (exact) mass is 266 g/mol. The van der Waals surface area contributed by atoms with Gasteiger partial charge in [-0.1, -0.05) is 27.7 Å². The molecule has 0 aromatic heterocycles. The van der Waals surface area contributed by atoms with Crippen LogP contribution in [-0.4, -0.2) is 16.8 Å². The number of carbonyl (C=O) groups is 1. The van der Waals surface area contributed by atoms with Gasteiger partial charge in [-0.2, -0.15) is 0 Å². The largest absolute Gasteiger partial charge is 0.478 e. The van der Waals surface area contributed by atoms with Gasteiger partial charge >= 0.3 is 5.97 Å². The van der Waals surface area contributed by atoms with E-state index < -0.39 is 5.97 Å². The number of hydrogen-bond donors (Lipinski definition) is 1. The standard InChI is InChI=1S/C15H22O2S/c1-9(2)8-18-14-7-12(15(16)17)6-13(10(3)4)11(14)5/h6-7,9-10H,8H2,1-5H3,(H,16,17). The first-order valence-corrected chi connectivity index (χ1v) is 7.32. The van der Waals surface area contributed by atoms with Gasteiger partial charge in [0, 0.05) is 10.6 Å². The SMILES string of the molecule is Cc1c(SCC(C)C)cc(C(=O)O)cc1C(C)C. The summed E-state index contributed by atoms with van der Waals surface area (Å²) in [6.07, 6.45) is 0. The highest BCUT2D eigenvalue weighted by molar-refractivity contribution is 7.99. The van der Waals surface area contributed by atoms with Crippen molar-refractivity contribution in [3.63, 3.8) is 0 Å². The van der Waals surface area contributed by atoms with Crippen molar-refractivity contribution >= 4 is 17.7 Å². The fraction of sp³-hybridized carbons (Fsp3) is 0.533. The molecule has 1 aromatic carbocycles.